The summed E-state index contributed by atoms with van der Waals surface area (Å²) < 4.78 is 5.74. The Balaban J connectivity index is 1.47. The zero-order valence-corrected chi connectivity index (χ0v) is 15.8. The van der Waals surface area contributed by atoms with Crippen molar-refractivity contribution in [3.05, 3.63) is 0 Å². The van der Waals surface area contributed by atoms with Gasteiger partial charge in [0.1, 0.15) is 0 Å². The first-order chi connectivity index (χ1) is 10.3. The fourth-order valence-corrected chi connectivity index (χ4v) is 7.47. The summed E-state index contributed by atoms with van der Waals surface area (Å²) in [5.74, 6) is 7.39. The molecule has 9 unspecified atom stereocenters. The topological polar surface area (TPSA) is 26.3 Å². The van der Waals surface area contributed by atoms with E-state index in [9.17, 15) is 4.79 Å². The van der Waals surface area contributed by atoms with Gasteiger partial charge in [0, 0.05) is 0 Å². The molecule has 2 nitrogen and oxygen atoms in total. The van der Waals surface area contributed by atoms with Crippen molar-refractivity contribution in [3.8, 4) is 0 Å². The van der Waals surface area contributed by atoms with Gasteiger partial charge in [-0.15, -0.1) is 0 Å². The summed E-state index contributed by atoms with van der Waals surface area (Å²) in [5, 5.41) is 0. The summed E-state index contributed by atoms with van der Waals surface area (Å²) in [5.41, 5.74) is 0. The molecule has 0 radical (unpaired) electrons. The molecular formula is C19H32O2Si. The summed E-state index contributed by atoms with van der Waals surface area (Å²) in [6.45, 7) is 11.8. The first kappa shape index (κ1) is 15.2. The maximum atomic E-state index is 12.6. The van der Waals surface area contributed by atoms with Gasteiger partial charge >= 0.3 is 5.97 Å². The first-order valence-electron chi connectivity index (χ1n) is 9.44. The molecule has 0 amide bonds. The van der Waals surface area contributed by atoms with Crippen molar-refractivity contribution < 1.29 is 9.53 Å². The van der Waals surface area contributed by atoms with Gasteiger partial charge in [-0.3, -0.25) is 4.79 Å². The van der Waals surface area contributed by atoms with Crippen molar-refractivity contribution in [1.82, 2.24) is 0 Å². The highest BCUT2D eigenvalue weighted by Crippen LogP contribution is 2.71. The zero-order chi connectivity index (χ0) is 15.8. The first-order valence-corrected chi connectivity index (χ1v) is 13.2. The lowest BCUT2D eigenvalue weighted by Gasteiger charge is -2.43. The van der Waals surface area contributed by atoms with Crippen molar-refractivity contribution in [1.29, 1.82) is 0 Å². The van der Waals surface area contributed by atoms with Gasteiger partial charge in [-0.05, 0) is 66.6 Å². The summed E-state index contributed by atoms with van der Waals surface area (Å²) in [6.07, 6.45) is 4.63. The number of hydrogen-bond acceptors (Lipinski definition) is 2. The minimum Gasteiger partial charge on any atom is -0.469 e. The Morgan fingerprint density at radius 2 is 1.59 bits per heavy atom. The summed E-state index contributed by atoms with van der Waals surface area (Å²) >= 11 is 0. The Morgan fingerprint density at radius 3 is 2.23 bits per heavy atom. The van der Waals surface area contributed by atoms with E-state index in [1.165, 1.54) is 12.8 Å². The third-order valence-electron chi connectivity index (χ3n) is 7.79. The fraction of sp³-hybridized carbons (Fsp3) is 0.947. The van der Waals surface area contributed by atoms with E-state index in [0.29, 0.717) is 12.1 Å². The minimum atomic E-state index is -1.29. The van der Waals surface area contributed by atoms with Crippen LogP contribution in [0.4, 0.5) is 0 Å². The molecule has 0 aromatic carbocycles. The van der Waals surface area contributed by atoms with E-state index in [0.717, 1.165) is 47.8 Å². The van der Waals surface area contributed by atoms with Crippen molar-refractivity contribution in [3.63, 3.8) is 0 Å². The van der Waals surface area contributed by atoms with Crippen LogP contribution in [0.3, 0.4) is 0 Å². The monoisotopic (exact) mass is 320 g/mol. The number of carbonyl (C=O) groups is 1. The lowest BCUT2D eigenvalue weighted by atomic mass is 9.62. The second-order valence-corrected chi connectivity index (χ2v) is 15.5. The third kappa shape index (κ3) is 2.07. The number of ether oxygens (including phenoxy) is 1. The molecule has 4 rings (SSSR count). The van der Waals surface area contributed by atoms with Crippen LogP contribution in [0.2, 0.25) is 19.6 Å². The summed E-state index contributed by atoms with van der Waals surface area (Å²) in [7, 11) is -1.29. The molecule has 0 saturated heterocycles. The van der Waals surface area contributed by atoms with Gasteiger partial charge in [-0.1, -0.05) is 33.5 Å². The van der Waals surface area contributed by atoms with Gasteiger partial charge in [0.25, 0.3) is 0 Å². The van der Waals surface area contributed by atoms with Crippen LogP contribution < -0.4 is 0 Å². The predicted octanol–water partition coefficient (Wildman–Crippen LogP) is 4.22. The van der Waals surface area contributed by atoms with Crippen LogP contribution in [0.25, 0.3) is 0 Å². The molecule has 0 N–H and O–H groups in total. The number of esters is 1. The average Bonchev–Trinajstić information content (AvgIpc) is 3.15. The second-order valence-electron chi connectivity index (χ2n) is 10.1. The Kier molecular flexibility index (Phi) is 3.35. The van der Waals surface area contributed by atoms with Crippen molar-refractivity contribution >= 4 is 14.0 Å². The Morgan fingerprint density at radius 1 is 0.955 bits per heavy atom. The molecule has 3 heteroatoms. The van der Waals surface area contributed by atoms with Gasteiger partial charge in [0.15, 0.2) is 0 Å². The lowest BCUT2D eigenvalue weighted by molar-refractivity contribution is -0.150. The Hall–Kier alpha value is -0.313. The van der Waals surface area contributed by atoms with E-state index < -0.39 is 8.07 Å². The molecular weight excluding hydrogens is 288 g/mol. The molecule has 4 saturated carbocycles. The molecule has 4 bridgehead atoms. The highest BCUT2D eigenvalue weighted by atomic mass is 28.3. The summed E-state index contributed by atoms with van der Waals surface area (Å²) in [6, 6.07) is 0. The number of fused-ring (bicyclic) bond motifs is 9. The number of rotatable bonds is 3. The molecule has 0 spiro atoms. The number of carbonyl (C=O) groups excluding carboxylic acids is 1. The van der Waals surface area contributed by atoms with E-state index >= 15 is 0 Å². The van der Waals surface area contributed by atoms with E-state index in [1.807, 2.05) is 0 Å². The van der Waals surface area contributed by atoms with Crippen molar-refractivity contribution in [2.45, 2.75) is 52.8 Å². The summed E-state index contributed by atoms with van der Waals surface area (Å²) in [4.78, 5) is 12.6. The highest BCUT2D eigenvalue weighted by molar-refractivity contribution is 6.76. The van der Waals surface area contributed by atoms with Gasteiger partial charge in [0.2, 0.25) is 0 Å². The Bertz CT molecular complexity index is 482. The average molecular weight is 321 g/mol. The molecule has 4 aliphatic carbocycles. The van der Waals surface area contributed by atoms with E-state index in [2.05, 4.69) is 33.5 Å². The normalized spacial score (nSPS) is 52.1. The van der Waals surface area contributed by atoms with Crippen molar-refractivity contribution in [2.24, 2.45) is 53.3 Å². The van der Waals surface area contributed by atoms with Crippen molar-refractivity contribution in [2.75, 3.05) is 6.23 Å². The lowest BCUT2D eigenvalue weighted by Crippen LogP contribution is -2.41. The highest BCUT2D eigenvalue weighted by Gasteiger charge is 2.66. The molecule has 0 heterocycles. The van der Waals surface area contributed by atoms with E-state index in [1.54, 1.807) is 0 Å². The fourth-order valence-electron chi connectivity index (χ4n) is 6.89. The standard InChI is InChI=1S/C19H32O2Si/c1-10-11(2)14-8-13(10)17-12-6-15(18(14)17)16(7-12)19(20)21-9-22(3,4)5/h10-18H,6-9H2,1-5H3. The van der Waals surface area contributed by atoms with Crippen LogP contribution in [-0.2, 0) is 9.53 Å². The van der Waals surface area contributed by atoms with E-state index in [-0.39, 0.29) is 11.9 Å². The Labute approximate surface area is 136 Å². The molecule has 4 aliphatic rings. The smallest absolute Gasteiger partial charge is 0.308 e. The minimum absolute atomic E-state index is 0.150. The predicted molar refractivity (Wildman–Crippen MR) is 90.9 cm³/mol. The van der Waals surface area contributed by atoms with Crippen LogP contribution in [0, 0.1) is 53.3 Å². The maximum Gasteiger partial charge on any atom is 0.308 e. The van der Waals surface area contributed by atoms with Gasteiger partial charge in [0.05, 0.1) is 20.2 Å². The molecule has 0 aromatic heterocycles. The molecule has 124 valence electrons. The van der Waals surface area contributed by atoms with Gasteiger partial charge in [-0.2, -0.15) is 0 Å². The maximum absolute atomic E-state index is 12.6. The van der Waals surface area contributed by atoms with Crippen LogP contribution in [-0.4, -0.2) is 20.3 Å². The zero-order valence-electron chi connectivity index (χ0n) is 14.8. The van der Waals surface area contributed by atoms with Crippen LogP contribution in [0.5, 0.6) is 0 Å². The number of hydrogen-bond donors (Lipinski definition) is 0. The molecule has 9 atom stereocenters. The van der Waals surface area contributed by atoms with E-state index in [4.69, 9.17) is 4.74 Å². The molecule has 0 aromatic rings. The van der Waals surface area contributed by atoms with Gasteiger partial charge < -0.3 is 4.74 Å². The van der Waals surface area contributed by atoms with Crippen LogP contribution in [0.1, 0.15) is 33.1 Å². The molecule has 22 heavy (non-hydrogen) atoms. The van der Waals surface area contributed by atoms with Gasteiger partial charge in [-0.25, -0.2) is 0 Å². The molecule has 0 aliphatic heterocycles. The second kappa shape index (κ2) is 4.84. The molecule has 4 fully saturated rings. The third-order valence-corrected chi connectivity index (χ3v) is 8.81. The SMILES string of the molecule is CC1C(C)C2CC1C1C3CC(C(=O)OC[Si](C)(C)C)C(C3)C21. The quantitative estimate of drug-likeness (QED) is 0.442. The van der Waals surface area contributed by atoms with Crippen LogP contribution >= 0.6 is 0 Å². The van der Waals surface area contributed by atoms with Crippen LogP contribution in [0.15, 0.2) is 0 Å². The largest absolute Gasteiger partial charge is 0.469 e.